The zero-order valence-electron chi connectivity index (χ0n) is 18.4. The average molecular weight is 404 g/mol. The maximum Gasteiger partial charge on any atom is 0.220 e. The molecule has 0 aromatic heterocycles. The van der Waals surface area contributed by atoms with Crippen LogP contribution in [0.15, 0.2) is 0 Å². The highest BCUT2D eigenvalue weighted by Gasteiger charge is 2.22. The minimum absolute atomic E-state index is 0.0360. The van der Waals surface area contributed by atoms with Gasteiger partial charge in [-0.1, -0.05) is 0 Å². The number of ether oxygens (including phenoxy) is 3. The van der Waals surface area contributed by atoms with Crippen LogP contribution in [-0.2, 0) is 23.8 Å². The van der Waals surface area contributed by atoms with Crippen molar-refractivity contribution in [2.45, 2.75) is 71.0 Å². The van der Waals surface area contributed by atoms with Crippen molar-refractivity contribution in [1.82, 2.24) is 10.6 Å². The molecule has 0 aliphatic carbocycles. The first-order valence-electron chi connectivity index (χ1n) is 10.1. The lowest BCUT2D eigenvalue weighted by Gasteiger charge is -2.30. The number of hydrogen-bond donors (Lipinski definition) is 3. The van der Waals surface area contributed by atoms with E-state index < -0.39 is 0 Å². The molecule has 0 unspecified atom stereocenters. The first-order chi connectivity index (χ1) is 13.1. The van der Waals surface area contributed by atoms with Crippen molar-refractivity contribution in [3.63, 3.8) is 0 Å². The van der Waals surface area contributed by atoms with E-state index in [4.69, 9.17) is 19.9 Å². The zero-order valence-corrected chi connectivity index (χ0v) is 18.4. The Bertz CT molecular complexity index is 442. The molecule has 0 aromatic rings. The molecule has 28 heavy (non-hydrogen) atoms. The smallest absolute Gasteiger partial charge is 0.220 e. The van der Waals surface area contributed by atoms with E-state index in [1.165, 1.54) is 0 Å². The molecule has 0 fully saturated rings. The van der Waals surface area contributed by atoms with Crippen molar-refractivity contribution >= 4 is 11.8 Å². The summed E-state index contributed by atoms with van der Waals surface area (Å²) in [6.45, 7) is 11.3. The molecular weight excluding hydrogens is 362 g/mol. The summed E-state index contributed by atoms with van der Waals surface area (Å²) in [6, 6.07) is 0. The van der Waals surface area contributed by atoms with Crippen LogP contribution in [0.5, 0.6) is 0 Å². The van der Waals surface area contributed by atoms with Gasteiger partial charge >= 0.3 is 0 Å². The van der Waals surface area contributed by atoms with Gasteiger partial charge < -0.3 is 30.6 Å². The standard InChI is InChI=1S/C20H41N3O5/c1-19(2,9-12-23-18(25)8-6-7-17(24)22-5)27-13-10-20(3,4)28-16-15-26-14-11-21/h6-16,21H2,1-5H3,(H,22,24)(H,23,25). The summed E-state index contributed by atoms with van der Waals surface area (Å²) < 4.78 is 17.1. The fourth-order valence-electron chi connectivity index (χ4n) is 2.41. The van der Waals surface area contributed by atoms with Gasteiger partial charge in [-0.15, -0.1) is 0 Å². The third-order valence-electron chi connectivity index (χ3n) is 4.32. The molecule has 0 aliphatic heterocycles. The van der Waals surface area contributed by atoms with E-state index in [1.54, 1.807) is 7.05 Å². The topological polar surface area (TPSA) is 112 Å². The van der Waals surface area contributed by atoms with Gasteiger partial charge in [-0.3, -0.25) is 9.59 Å². The molecule has 0 atom stereocenters. The second-order valence-corrected chi connectivity index (χ2v) is 7.99. The Morgan fingerprint density at radius 2 is 1.46 bits per heavy atom. The summed E-state index contributed by atoms with van der Waals surface area (Å²) in [5.74, 6) is -0.0802. The maximum atomic E-state index is 11.8. The fourth-order valence-corrected chi connectivity index (χ4v) is 2.41. The van der Waals surface area contributed by atoms with Crippen molar-refractivity contribution in [3.8, 4) is 0 Å². The first kappa shape index (κ1) is 26.8. The SMILES string of the molecule is CNC(=O)CCCC(=O)NCCC(C)(C)OCCC(C)(C)OCCOCCN. The summed E-state index contributed by atoms with van der Waals surface area (Å²) in [4.78, 5) is 22.9. The quantitative estimate of drug-likeness (QED) is 0.316. The van der Waals surface area contributed by atoms with Crippen LogP contribution in [0.1, 0.15) is 59.8 Å². The highest BCUT2D eigenvalue weighted by molar-refractivity contribution is 5.78. The van der Waals surface area contributed by atoms with Gasteiger partial charge in [0.25, 0.3) is 0 Å². The Labute approximate surface area is 170 Å². The molecular formula is C20H41N3O5. The van der Waals surface area contributed by atoms with Gasteiger partial charge in [-0.05, 0) is 47.0 Å². The second kappa shape index (κ2) is 14.7. The van der Waals surface area contributed by atoms with Crippen LogP contribution in [0.25, 0.3) is 0 Å². The molecule has 0 saturated carbocycles. The van der Waals surface area contributed by atoms with Crippen LogP contribution in [0.2, 0.25) is 0 Å². The number of nitrogens with one attached hydrogen (secondary N) is 2. The van der Waals surface area contributed by atoms with Gasteiger partial charge in [0.1, 0.15) is 0 Å². The fraction of sp³-hybridized carbons (Fsp3) is 0.900. The number of amides is 2. The van der Waals surface area contributed by atoms with Crippen molar-refractivity contribution in [2.24, 2.45) is 5.73 Å². The van der Waals surface area contributed by atoms with Gasteiger partial charge in [0, 0.05) is 33.0 Å². The van der Waals surface area contributed by atoms with E-state index >= 15 is 0 Å². The Kier molecular flexibility index (Phi) is 14.1. The summed E-state index contributed by atoms with van der Waals surface area (Å²) in [5.41, 5.74) is 4.74. The molecule has 166 valence electrons. The normalized spacial score (nSPS) is 12.1. The second-order valence-electron chi connectivity index (χ2n) is 7.99. The summed E-state index contributed by atoms with van der Waals surface area (Å²) in [5, 5.41) is 5.43. The lowest BCUT2D eigenvalue weighted by molar-refractivity contribution is -0.122. The molecule has 8 heteroatoms. The van der Waals surface area contributed by atoms with E-state index in [2.05, 4.69) is 10.6 Å². The molecule has 0 rings (SSSR count). The van der Waals surface area contributed by atoms with Gasteiger partial charge in [0.05, 0.1) is 37.6 Å². The molecule has 0 heterocycles. The minimum Gasteiger partial charge on any atom is -0.378 e. The van der Waals surface area contributed by atoms with Gasteiger partial charge in [-0.2, -0.15) is 0 Å². The average Bonchev–Trinajstić information content (AvgIpc) is 2.60. The Balaban J connectivity index is 3.88. The number of carbonyl (C=O) groups excluding carboxylic acids is 2. The van der Waals surface area contributed by atoms with E-state index in [-0.39, 0.29) is 23.0 Å². The lowest BCUT2D eigenvalue weighted by Crippen LogP contribution is -2.35. The highest BCUT2D eigenvalue weighted by Crippen LogP contribution is 2.19. The molecule has 2 amide bonds. The van der Waals surface area contributed by atoms with Gasteiger partial charge in [-0.25, -0.2) is 0 Å². The summed E-state index contributed by atoms with van der Waals surface area (Å²) >= 11 is 0. The third kappa shape index (κ3) is 15.8. The van der Waals surface area contributed by atoms with Crippen molar-refractivity contribution < 1.29 is 23.8 Å². The molecule has 0 radical (unpaired) electrons. The van der Waals surface area contributed by atoms with E-state index in [0.717, 1.165) is 6.42 Å². The van der Waals surface area contributed by atoms with E-state index in [0.29, 0.717) is 65.2 Å². The number of nitrogens with two attached hydrogens (primary N) is 1. The monoisotopic (exact) mass is 403 g/mol. The molecule has 4 N–H and O–H groups in total. The Morgan fingerprint density at radius 3 is 2.11 bits per heavy atom. The van der Waals surface area contributed by atoms with Crippen LogP contribution >= 0.6 is 0 Å². The molecule has 0 aliphatic rings. The largest absolute Gasteiger partial charge is 0.378 e. The van der Waals surface area contributed by atoms with Crippen LogP contribution in [0.4, 0.5) is 0 Å². The summed E-state index contributed by atoms with van der Waals surface area (Å²) in [6.07, 6.45) is 2.75. The highest BCUT2D eigenvalue weighted by atomic mass is 16.5. The molecule has 8 nitrogen and oxygen atoms in total. The first-order valence-corrected chi connectivity index (χ1v) is 10.1. The van der Waals surface area contributed by atoms with Crippen LogP contribution in [0.3, 0.4) is 0 Å². The van der Waals surface area contributed by atoms with Crippen LogP contribution in [-0.4, -0.2) is 69.6 Å². The minimum atomic E-state index is -0.338. The van der Waals surface area contributed by atoms with Crippen LogP contribution in [0, 0.1) is 0 Å². The molecule has 0 bridgehead atoms. The van der Waals surface area contributed by atoms with Crippen LogP contribution < -0.4 is 16.4 Å². The number of rotatable bonds is 17. The van der Waals surface area contributed by atoms with Gasteiger partial charge in [0.2, 0.25) is 11.8 Å². The third-order valence-corrected chi connectivity index (χ3v) is 4.32. The Hall–Kier alpha value is -1.22. The number of hydrogen-bond acceptors (Lipinski definition) is 6. The number of carbonyl (C=O) groups is 2. The van der Waals surface area contributed by atoms with Crippen molar-refractivity contribution in [2.75, 3.05) is 46.6 Å². The molecule has 0 saturated heterocycles. The maximum absolute atomic E-state index is 11.8. The predicted octanol–water partition coefficient (Wildman–Crippen LogP) is 1.36. The van der Waals surface area contributed by atoms with E-state index in [9.17, 15) is 9.59 Å². The molecule has 0 spiro atoms. The zero-order chi connectivity index (χ0) is 21.5. The van der Waals surface area contributed by atoms with Crippen molar-refractivity contribution in [3.05, 3.63) is 0 Å². The Morgan fingerprint density at radius 1 is 0.857 bits per heavy atom. The van der Waals surface area contributed by atoms with E-state index in [1.807, 2.05) is 27.7 Å². The molecule has 0 aromatic carbocycles. The van der Waals surface area contributed by atoms with Crippen molar-refractivity contribution in [1.29, 1.82) is 0 Å². The lowest BCUT2D eigenvalue weighted by atomic mass is 10.0. The summed E-state index contributed by atoms with van der Waals surface area (Å²) in [7, 11) is 1.59. The predicted molar refractivity (Wildman–Crippen MR) is 110 cm³/mol. The van der Waals surface area contributed by atoms with Gasteiger partial charge in [0.15, 0.2) is 0 Å².